The zero-order valence-corrected chi connectivity index (χ0v) is 13.5. The highest BCUT2D eigenvalue weighted by atomic mass is 16.4. The molecule has 4 rings (SSSR count). The molecule has 120 valence electrons. The Kier molecular flexibility index (Phi) is 4.02. The molecule has 0 aliphatic heterocycles. The van der Waals surface area contributed by atoms with Gasteiger partial charge in [-0.05, 0) is 54.5 Å². The lowest BCUT2D eigenvalue weighted by Crippen LogP contribution is -2.03. The van der Waals surface area contributed by atoms with E-state index in [0.29, 0.717) is 11.1 Å². The minimum absolute atomic E-state index is 0.367. The van der Waals surface area contributed by atoms with Crippen LogP contribution in [0.5, 0.6) is 0 Å². The predicted octanol–water partition coefficient (Wildman–Crippen LogP) is 4.52. The van der Waals surface area contributed by atoms with Crippen LogP contribution in [0, 0.1) is 11.8 Å². The second-order valence-corrected chi connectivity index (χ2v) is 5.80. The first-order chi connectivity index (χ1) is 12.3. The molecule has 3 aromatic rings. The van der Waals surface area contributed by atoms with Crippen LogP contribution in [0.1, 0.15) is 35.2 Å². The number of hydrogen-bond donors (Lipinski definition) is 0. The molecule has 25 heavy (non-hydrogen) atoms. The first kappa shape index (κ1) is 15.2. The zero-order chi connectivity index (χ0) is 17.1. The van der Waals surface area contributed by atoms with Crippen LogP contribution in [0.3, 0.4) is 0 Å². The van der Waals surface area contributed by atoms with Gasteiger partial charge < -0.3 is 4.42 Å². The lowest BCUT2D eigenvalue weighted by molar-refractivity contribution is 0.559. The fourth-order valence-corrected chi connectivity index (χ4v) is 2.74. The van der Waals surface area contributed by atoms with Crippen LogP contribution >= 0.6 is 0 Å². The lowest BCUT2D eigenvalue weighted by Gasteiger charge is -2.05. The summed E-state index contributed by atoms with van der Waals surface area (Å²) < 4.78 is 5.50. The van der Waals surface area contributed by atoms with Crippen LogP contribution in [0.2, 0.25) is 0 Å². The Morgan fingerprint density at radius 1 is 1.16 bits per heavy atom. The topological polar surface area (TPSA) is 43.1 Å². The molecule has 0 saturated carbocycles. The number of pyridine rings is 1. The van der Waals surface area contributed by atoms with Crippen molar-refractivity contribution in [2.45, 2.75) is 12.8 Å². The highest BCUT2D eigenvalue weighted by Crippen LogP contribution is 2.22. The van der Waals surface area contributed by atoms with Gasteiger partial charge in [0.1, 0.15) is 5.58 Å². The molecule has 2 aromatic heterocycles. The number of fused-ring (bicyclic) bond motifs is 2. The second-order valence-electron chi connectivity index (χ2n) is 5.80. The summed E-state index contributed by atoms with van der Waals surface area (Å²) in [6, 6.07) is 11.3. The number of hydrogen-bond acceptors (Lipinski definition) is 3. The third-order valence-corrected chi connectivity index (χ3v) is 4.01. The Morgan fingerprint density at radius 3 is 3.00 bits per heavy atom. The van der Waals surface area contributed by atoms with Gasteiger partial charge in [-0.15, -0.1) is 0 Å². The van der Waals surface area contributed by atoms with Gasteiger partial charge in [0, 0.05) is 23.6 Å². The highest BCUT2D eigenvalue weighted by Gasteiger charge is 2.07. The standard InChI is InChI=1S/C22H15NO2/c24-22-18(10-11-20-9-5-6-12-23-20)14-19-13-16-7-3-1-2-4-8-17(16)15-21(19)25-22/h3,5-7,9-15H,1-2H2/b7-3-,11-10+. The average molecular weight is 325 g/mol. The van der Waals surface area contributed by atoms with Gasteiger partial charge in [-0.1, -0.05) is 30.1 Å². The molecule has 0 unspecified atom stereocenters. The van der Waals surface area contributed by atoms with Crippen molar-refractivity contribution in [2.24, 2.45) is 0 Å². The molecule has 0 radical (unpaired) electrons. The Morgan fingerprint density at radius 2 is 2.12 bits per heavy atom. The van der Waals surface area contributed by atoms with Gasteiger partial charge in [0.05, 0.1) is 11.3 Å². The van der Waals surface area contributed by atoms with Crippen molar-refractivity contribution in [3.8, 4) is 11.8 Å². The van der Waals surface area contributed by atoms with Crippen molar-refractivity contribution in [1.82, 2.24) is 4.98 Å². The largest absolute Gasteiger partial charge is 0.422 e. The van der Waals surface area contributed by atoms with Crippen LogP contribution in [0.15, 0.2) is 57.9 Å². The number of allylic oxidation sites excluding steroid dienone is 1. The summed E-state index contributed by atoms with van der Waals surface area (Å²) in [7, 11) is 0. The maximum absolute atomic E-state index is 12.3. The number of nitrogens with zero attached hydrogens (tertiary/aromatic N) is 1. The van der Waals surface area contributed by atoms with E-state index in [1.165, 1.54) is 0 Å². The van der Waals surface area contributed by atoms with Crippen molar-refractivity contribution in [1.29, 1.82) is 0 Å². The van der Waals surface area contributed by atoms with E-state index in [4.69, 9.17) is 4.42 Å². The van der Waals surface area contributed by atoms with Gasteiger partial charge in [0.25, 0.3) is 0 Å². The van der Waals surface area contributed by atoms with Crippen molar-refractivity contribution in [3.63, 3.8) is 0 Å². The molecule has 0 spiro atoms. The van der Waals surface area contributed by atoms with Gasteiger partial charge in [0.15, 0.2) is 0 Å². The molecule has 3 nitrogen and oxygen atoms in total. The van der Waals surface area contributed by atoms with E-state index in [1.807, 2.05) is 36.4 Å². The third kappa shape index (κ3) is 3.29. The van der Waals surface area contributed by atoms with E-state index in [9.17, 15) is 4.79 Å². The van der Waals surface area contributed by atoms with Gasteiger partial charge in [-0.2, -0.15) is 0 Å². The first-order valence-corrected chi connectivity index (χ1v) is 8.16. The van der Waals surface area contributed by atoms with E-state index >= 15 is 0 Å². The minimum Gasteiger partial charge on any atom is -0.422 e. The monoisotopic (exact) mass is 325 g/mol. The quantitative estimate of drug-likeness (QED) is 0.514. The number of benzene rings is 1. The van der Waals surface area contributed by atoms with Crippen molar-refractivity contribution in [3.05, 3.63) is 81.5 Å². The smallest absolute Gasteiger partial charge is 0.343 e. The molecular weight excluding hydrogens is 310 g/mol. The minimum atomic E-state index is -0.367. The van der Waals surface area contributed by atoms with Gasteiger partial charge in [0.2, 0.25) is 0 Å². The summed E-state index contributed by atoms with van der Waals surface area (Å²) >= 11 is 0. The Bertz CT molecular complexity index is 1110. The van der Waals surface area contributed by atoms with Crippen molar-refractivity contribution in [2.75, 3.05) is 0 Å². The average Bonchev–Trinajstić information content (AvgIpc) is 2.61. The SMILES string of the molecule is O=c1oc2cc3c(cc2cc1/C=C/c1ccccn1)/C=C\CCC#C3. The first-order valence-electron chi connectivity index (χ1n) is 8.16. The van der Waals surface area contributed by atoms with E-state index < -0.39 is 0 Å². The molecule has 0 N–H and O–H groups in total. The number of aromatic nitrogens is 1. The Balaban J connectivity index is 1.81. The molecule has 0 atom stereocenters. The molecule has 0 bridgehead atoms. The zero-order valence-electron chi connectivity index (χ0n) is 13.5. The normalized spacial score (nSPS) is 14.4. The molecule has 0 amide bonds. The summed E-state index contributed by atoms with van der Waals surface area (Å²) in [5, 5.41) is 0.881. The van der Waals surface area contributed by atoms with Crippen molar-refractivity contribution >= 4 is 29.2 Å². The summed E-state index contributed by atoms with van der Waals surface area (Å²) in [5.74, 6) is 6.29. The summed E-state index contributed by atoms with van der Waals surface area (Å²) in [6.45, 7) is 0. The summed E-state index contributed by atoms with van der Waals surface area (Å²) in [4.78, 5) is 16.5. The maximum atomic E-state index is 12.3. The fourth-order valence-electron chi connectivity index (χ4n) is 2.74. The van der Waals surface area contributed by atoms with Crippen LogP contribution in [0.25, 0.3) is 29.2 Å². The summed E-state index contributed by atoms with van der Waals surface area (Å²) in [5.41, 5.74) is 3.42. The van der Waals surface area contributed by atoms with Crippen LogP contribution in [0.4, 0.5) is 0 Å². The molecule has 2 heterocycles. The Labute approximate surface area is 145 Å². The van der Waals surface area contributed by atoms with Gasteiger partial charge >= 0.3 is 5.63 Å². The van der Waals surface area contributed by atoms with Gasteiger partial charge in [-0.25, -0.2) is 4.79 Å². The molecule has 3 heteroatoms. The molecule has 1 aliphatic rings. The molecule has 0 fully saturated rings. The molecular formula is C22H15NO2. The van der Waals surface area contributed by atoms with Gasteiger partial charge in [-0.3, -0.25) is 4.98 Å². The number of rotatable bonds is 2. The second kappa shape index (κ2) is 6.62. The van der Waals surface area contributed by atoms with E-state index in [-0.39, 0.29) is 5.63 Å². The molecule has 1 aromatic carbocycles. The van der Waals surface area contributed by atoms with E-state index in [0.717, 1.165) is 35.0 Å². The summed E-state index contributed by atoms with van der Waals surface area (Å²) in [6.07, 6.45) is 11.3. The van der Waals surface area contributed by atoms with Crippen LogP contribution in [-0.2, 0) is 0 Å². The third-order valence-electron chi connectivity index (χ3n) is 4.01. The van der Waals surface area contributed by atoms with Crippen LogP contribution < -0.4 is 5.63 Å². The van der Waals surface area contributed by atoms with E-state index in [1.54, 1.807) is 18.3 Å². The Hall–Kier alpha value is -3.38. The lowest BCUT2D eigenvalue weighted by atomic mass is 10.0. The fraction of sp³-hybridized carbons (Fsp3) is 0.0909. The molecule has 0 saturated heterocycles. The van der Waals surface area contributed by atoms with Crippen LogP contribution in [-0.4, -0.2) is 4.98 Å². The van der Waals surface area contributed by atoms with Crippen molar-refractivity contribution < 1.29 is 4.42 Å². The maximum Gasteiger partial charge on any atom is 0.343 e. The predicted molar refractivity (Wildman–Crippen MR) is 101 cm³/mol. The molecule has 1 aliphatic carbocycles. The van der Waals surface area contributed by atoms with E-state index in [2.05, 4.69) is 29.0 Å². The highest BCUT2D eigenvalue weighted by molar-refractivity contribution is 5.85.